The van der Waals surface area contributed by atoms with Crippen molar-refractivity contribution in [1.29, 1.82) is 0 Å². The number of benzene rings is 2. The summed E-state index contributed by atoms with van der Waals surface area (Å²) in [5, 5.41) is 5.43. The van der Waals surface area contributed by atoms with E-state index in [4.69, 9.17) is 0 Å². The van der Waals surface area contributed by atoms with Gasteiger partial charge in [-0.1, -0.05) is 19.4 Å². The van der Waals surface area contributed by atoms with Crippen LogP contribution in [0.25, 0.3) is 6.08 Å². The maximum atomic E-state index is 14.2. The molecule has 1 atom stereocenters. The summed E-state index contributed by atoms with van der Waals surface area (Å²) in [5.74, 6) is -2.97. The Bertz CT molecular complexity index is 1170. The summed E-state index contributed by atoms with van der Waals surface area (Å²) in [4.78, 5) is 12.3. The molecule has 0 fully saturated rings. The molecule has 35 heavy (non-hydrogen) atoms. The van der Waals surface area contributed by atoms with Gasteiger partial charge in [0.05, 0.1) is 17.9 Å². The number of carbonyl (C=O) groups is 1. The second-order valence-electron chi connectivity index (χ2n) is 7.88. The molecule has 0 unspecified atom stereocenters. The number of hydrogen-bond donors (Lipinski definition) is 3. The first-order valence-electron chi connectivity index (χ1n) is 10.6. The van der Waals surface area contributed by atoms with Crippen molar-refractivity contribution in [3.63, 3.8) is 0 Å². The van der Waals surface area contributed by atoms with Crippen LogP contribution in [0.2, 0.25) is 0 Å². The van der Waals surface area contributed by atoms with Gasteiger partial charge in [-0.3, -0.25) is 9.52 Å². The molecule has 0 radical (unpaired) electrons. The number of anilines is 2. The van der Waals surface area contributed by atoms with Crippen LogP contribution in [-0.4, -0.2) is 27.1 Å². The number of sulfonamides is 1. The van der Waals surface area contributed by atoms with Crippen molar-refractivity contribution in [3.8, 4) is 0 Å². The zero-order chi connectivity index (χ0) is 26.4. The topological polar surface area (TPSA) is 87.3 Å². The van der Waals surface area contributed by atoms with Crippen molar-refractivity contribution in [3.05, 3.63) is 64.7 Å². The quantitative estimate of drug-likeness (QED) is 0.221. The molecular formula is C23H26F5N3O3S. The fourth-order valence-corrected chi connectivity index (χ4v) is 3.63. The molecule has 6 nitrogen and oxygen atoms in total. The summed E-state index contributed by atoms with van der Waals surface area (Å²) >= 11 is 0. The van der Waals surface area contributed by atoms with E-state index in [9.17, 15) is 35.2 Å². The highest BCUT2D eigenvalue weighted by molar-refractivity contribution is 7.92. The highest BCUT2D eigenvalue weighted by Gasteiger charge is 2.30. The molecule has 2 aromatic rings. The molecule has 0 aliphatic carbocycles. The van der Waals surface area contributed by atoms with Crippen molar-refractivity contribution in [2.75, 3.05) is 22.8 Å². The second-order valence-corrected chi connectivity index (χ2v) is 9.63. The molecule has 0 saturated heterocycles. The summed E-state index contributed by atoms with van der Waals surface area (Å²) in [6.45, 7) is 3.84. The summed E-state index contributed by atoms with van der Waals surface area (Å²) in [5.41, 5.74) is -1.06. The Labute approximate surface area is 200 Å². The van der Waals surface area contributed by atoms with Gasteiger partial charge in [-0.25, -0.2) is 17.2 Å². The van der Waals surface area contributed by atoms with E-state index in [-0.39, 0.29) is 11.3 Å². The Kier molecular flexibility index (Phi) is 9.24. The molecule has 2 rings (SSSR count). The second kappa shape index (κ2) is 11.5. The van der Waals surface area contributed by atoms with Gasteiger partial charge in [-0.05, 0) is 54.8 Å². The van der Waals surface area contributed by atoms with Gasteiger partial charge in [-0.2, -0.15) is 13.2 Å². The third kappa shape index (κ3) is 8.53. The summed E-state index contributed by atoms with van der Waals surface area (Å²) in [7, 11) is -3.91. The van der Waals surface area contributed by atoms with E-state index >= 15 is 0 Å². The first kappa shape index (κ1) is 28.1. The molecule has 12 heteroatoms. The largest absolute Gasteiger partial charge is 0.416 e. The maximum absolute atomic E-state index is 14.2. The van der Waals surface area contributed by atoms with Crippen LogP contribution in [-0.2, 0) is 21.0 Å². The molecule has 3 N–H and O–H groups in total. The molecule has 0 aliphatic heterocycles. The van der Waals surface area contributed by atoms with Crippen LogP contribution in [0.4, 0.5) is 33.3 Å². The number of amides is 1. The van der Waals surface area contributed by atoms with E-state index in [1.165, 1.54) is 19.1 Å². The Morgan fingerprint density at radius 1 is 1.11 bits per heavy atom. The lowest BCUT2D eigenvalue weighted by atomic mass is 10.1. The lowest BCUT2D eigenvalue weighted by molar-refractivity contribution is -0.137. The SMILES string of the molecule is CCCCNc1cc(C(F)(F)F)ccc1C=CC(=O)N[C@H](C)c1cc(F)c(NS(C)(=O)=O)c(F)c1. The van der Waals surface area contributed by atoms with Crippen LogP contribution in [0.3, 0.4) is 0 Å². The number of rotatable bonds is 10. The Hall–Kier alpha value is -3.15. The fraction of sp³-hybridized carbons (Fsp3) is 0.348. The number of carbonyl (C=O) groups excluding carboxylic acids is 1. The van der Waals surface area contributed by atoms with Gasteiger partial charge in [0.15, 0.2) is 11.6 Å². The smallest absolute Gasteiger partial charge is 0.385 e. The number of hydrogen-bond acceptors (Lipinski definition) is 4. The first-order valence-corrected chi connectivity index (χ1v) is 12.5. The number of halogens is 5. The standard InChI is InChI=1S/C23H26F5N3O3S/c1-4-5-10-29-20-13-17(23(26,27)28)8-6-15(20)7-9-21(32)30-14(2)16-11-18(24)22(19(25)12-16)31-35(3,33)34/h6-9,11-14,29,31H,4-5,10H2,1-3H3,(H,30,32)/t14-/m1/s1. The van der Waals surface area contributed by atoms with Crippen LogP contribution in [0.1, 0.15) is 49.4 Å². The van der Waals surface area contributed by atoms with Gasteiger partial charge in [0.2, 0.25) is 15.9 Å². The lowest BCUT2D eigenvalue weighted by Crippen LogP contribution is -2.25. The first-order chi connectivity index (χ1) is 16.2. The Morgan fingerprint density at radius 2 is 1.74 bits per heavy atom. The van der Waals surface area contributed by atoms with Crippen molar-refractivity contribution in [1.82, 2.24) is 5.32 Å². The Morgan fingerprint density at radius 3 is 2.29 bits per heavy atom. The minimum Gasteiger partial charge on any atom is -0.385 e. The van der Waals surface area contributed by atoms with E-state index < -0.39 is 51.0 Å². The van der Waals surface area contributed by atoms with Crippen molar-refractivity contribution >= 4 is 33.4 Å². The van der Waals surface area contributed by atoms with Crippen LogP contribution >= 0.6 is 0 Å². The highest BCUT2D eigenvalue weighted by atomic mass is 32.2. The molecular weight excluding hydrogens is 493 g/mol. The van der Waals surface area contributed by atoms with Gasteiger partial charge >= 0.3 is 6.18 Å². The molecule has 0 spiro atoms. The average Bonchev–Trinajstić information content (AvgIpc) is 2.74. The number of nitrogens with one attached hydrogen (secondary N) is 3. The fourth-order valence-electron chi connectivity index (χ4n) is 3.07. The van der Waals surface area contributed by atoms with Crippen LogP contribution in [0, 0.1) is 11.6 Å². The normalized spacial score (nSPS) is 13.0. The van der Waals surface area contributed by atoms with Crippen molar-refractivity contribution < 1.29 is 35.2 Å². The summed E-state index contributed by atoms with van der Waals surface area (Å²) < 4.78 is 91.9. The lowest BCUT2D eigenvalue weighted by Gasteiger charge is -2.16. The van der Waals surface area contributed by atoms with Gasteiger partial charge in [0.25, 0.3) is 0 Å². The van der Waals surface area contributed by atoms with Crippen LogP contribution in [0.5, 0.6) is 0 Å². The monoisotopic (exact) mass is 519 g/mol. The van der Waals surface area contributed by atoms with Crippen LogP contribution < -0.4 is 15.4 Å². The van der Waals surface area contributed by atoms with E-state index in [1.54, 1.807) is 4.72 Å². The minimum atomic E-state index is -4.52. The molecule has 2 aromatic carbocycles. The molecule has 0 saturated carbocycles. The molecule has 0 aliphatic rings. The molecule has 1 amide bonds. The highest BCUT2D eigenvalue weighted by Crippen LogP contribution is 2.32. The molecule has 192 valence electrons. The minimum absolute atomic E-state index is 0.0391. The zero-order valence-corrected chi connectivity index (χ0v) is 20.1. The predicted octanol–water partition coefficient (Wildman–Crippen LogP) is 5.46. The molecule has 0 bridgehead atoms. The van der Waals surface area contributed by atoms with E-state index in [0.29, 0.717) is 12.1 Å². The van der Waals surface area contributed by atoms with E-state index in [1.807, 2.05) is 6.92 Å². The van der Waals surface area contributed by atoms with Crippen molar-refractivity contribution in [2.45, 2.75) is 38.9 Å². The molecule has 0 aromatic heterocycles. The van der Waals surface area contributed by atoms with Gasteiger partial charge in [-0.15, -0.1) is 0 Å². The van der Waals surface area contributed by atoms with Gasteiger partial charge in [0, 0.05) is 18.3 Å². The van der Waals surface area contributed by atoms with Crippen LogP contribution in [0.15, 0.2) is 36.4 Å². The zero-order valence-electron chi connectivity index (χ0n) is 19.3. The average molecular weight is 520 g/mol. The third-order valence-electron chi connectivity index (χ3n) is 4.85. The molecule has 0 heterocycles. The van der Waals surface area contributed by atoms with E-state index in [2.05, 4.69) is 10.6 Å². The van der Waals surface area contributed by atoms with Gasteiger partial charge in [0.1, 0.15) is 5.69 Å². The van der Waals surface area contributed by atoms with Gasteiger partial charge < -0.3 is 10.6 Å². The summed E-state index contributed by atoms with van der Waals surface area (Å²) in [6, 6.07) is 4.02. The summed E-state index contributed by atoms with van der Waals surface area (Å²) in [6.07, 6.45) is 0.226. The maximum Gasteiger partial charge on any atom is 0.416 e. The predicted molar refractivity (Wildman–Crippen MR) is 125 cm³/mol. The van der Waals surface area contributed by atoms with E-state index in [0.717, 1.165) is 49.4 Å². The Balaban J connectivity index is 2.18. The number of alkyl halides is 3. The number of unbranched alkanes of at least 4 members (excludes halogenated alkanes) is 1. The third-order valence-corrected chi connectivity index (χ3v) is 5.43. The van der Waals surface area contributed by atoms with Crippen molar-refractivity contribution in [2.24, 2.45) is 0 Å².